The van der Waals surface area contributed by atoms with Gasteiger partial charge in [0.05, 0.1) is 11.8 Å². The van der Waals surface area contributed by atoms with Crippen molar-refractivity contribution in [2.75, 3.05) is 26.4 Å². The highest BCUT2D eigenvalue weighted by atomic mass is 32.2. The average molecular weight is 434 g/mol. The molecule has 1 aliphatic carbocycles. The molecule has 0 aliphatic heterocycles. The van der Waals surface area contributed by atoms with Gasteiger partial charge in [0.1, 0.15) is 5.82 Å². The number of aromatic nitrogens is 3. The summed E-state index contributed by atoms with van der Waals surface area (Å²) in [7, 11) is 3.96. The van der Waals surface area contributed by atoms with E-state index in [0.29, 0.717) is 17.0 Å². The van der Waals surface area contributed by atoms with Gasteiger partial charge < -0.3 is 4.90 Å². The summed E-state index contributed by atoms with van der Waals surface area (Å²) in [6.45, 7) is 4.83. The largest absolute Gasteiger partial charge is 0.339 e. The predicted molar refractivity (Wildman–Crippen MR) is 118 cm³/mol. The third kappa shape index (κ3) is 5.21. The molecule has 30 heavy (non-hydrogen) atoms. The van der Waals surface area contributed by atoms with Crippen molar-refractivity contribution in [2.24, 2.45) is 0 Å². The molecule has 3 rings (SSSR count). The van der Waals surface area contributed by atoms with Crippen LogP contribution >= 0.6 is 11.8 Å². The Kier molecular flexibility index (Phi) is 7.88. The van der Waals surface area contributed by atoms with Crippen LogP contribution in [0.5, 0.6) is 0 Å². The van der Waals surface area contributed by atoms with Crippen molar-refractivity contribution in [2.45, 2.75) is 63.2 Å². The molecule has 0 spiro atoms. The number of nitrogens with zero attached hydrogens (tertiary/aromatic N) is 5. The van der Waals surface area contributed by atoms with E-state index in [1.54, 1.807) is 12.1 Å². The van der Waals surface area contributed by atoms with Crippen molar-refractivity contribution in [1.29, 1.82) is 0 Å². The molecule has 0 N–H and O–H groups in total. The van der Waals surface area contributed by atoms with Crippen LogP contribution < -0.4 is 0 Å². The lowest BCUT2D eigenvalue weighted by atomic mass is 9.94. The van der Waals surface area contributed by atoms with Crippen LogP contribution in [-0.4, -0.2) is 62.9 Å². The summed E-state index contributed by atoms with van der Waals surface area (Å²) in [5.41, 5.74) is 0.791. The first kappa shape index (κ1) is 22.7. The van der Waals surface area contributed by atoms with Gasteiger partial charge in [0.25, 0.3) is 0 Å². The number of carbonyl (C=O) groups is 1. The fourth-order valence-electron chi connectivity index (χ4n) is 3.95. The second-order valence-electron chi connectivity index (χ2n) is 8.05. The van der Waals surface area contributed by atoms with Gasteiger partial charge in [-0.2, -0.15) is 0 Å². The van der Waals surface area contributed by atoms with E-state index in [4.69, 9.17) is 0 Å². The molecule has 1 atom stereocenters. The molecule has 8 heteroatoms. The van der Waals surface area contributed by atoms with E-state index in [-0.39, 0.29) is 17.8 Å². The lowest BCUT2D eigenvalue weighted by Gasteiger charge is -2.33. The van der Waals surface area contributed by atoms with E-state index in [9.17, 15) is 9.18 Å². The molecule has 1 amide bonds. The van der Waals surface area contributed by atoms with Gasteiger partial charge in [-0.3, -0.25) is 14.3 Å². The molecule has 1 aromatic heterocycles. The number of amides is 1. The Bertz CT molecular complexity index is 833. The second kappa shape index (κ2) is 10.4. The maximum Gasteiger partial charge on any atom is 0.233 e. The summed E-state index contributed by atoms with van der Waals surface area (Å²) in [5.74, 6) is 0.941. The van der Waals surface area contributed by atoms with Crippen LogP contribution in [0.25, 0.3) is 5.69 Å². The molecule has 1 fully saturated rings. The van der Waals surface area contributed by atoms with Crippen LogP contribution in [0.2, 0.25) is 0 Å². The van der Waals surface area contributed by atoms with E-state index in [2.05, 4.69) is 17.1 Å². The normalized spacial score (nSPS) is 16.1. The van der Waals surface area contributed by atoms with Crippen LogP contribution in [0, 0.1) is 5.82 Å². The van der Waals surface area contributed by atoms with Gasteiger partial charge in [-0.25, -0.2) is 4.39 Å². The Balaban J connectivity index is 1.81. The van der Waals surface area contributed by atoms with E-state index in [0.717, 1.165) is 30.9 Å². The van der Waals surface area contributed by atoms with Gasteiger partial charge in [0.2, 0.25) is 5.91 Å². The summed E-state index contributed by atoms with van der Waals surface area (Å²) in [6, 6.07) is 6.67. The second-order valence-corrected chi connectivity index (χ2v) is 8.99. The minimum absolute atomic E-state index is 0.0157. The van der Waals surface area contributed by atoms with Crippen molar-refractivity contribution >= 4 is 17.7 Å². The van der Waals surface area contributed by atoms with Gasteiger partial charge in [0, 0.05) is 18.3 Å². The van der Waals surface area contributed by atoms with E-state index >= 15 is 0 Å². The van der Waals surface area contributed by atoms with Crippen molar-refractivity contribution in [3.8, 4) is 5.69 Å². The van der Waals surface area contributed by atoms with Crippen LogP contribution in [0.3, 0.4) is 0 Å². The quantitative estimate of drug-likeness (QED) is 0.581. The lowest BCUT2D eigenvalue weighted by Crippen LogP contribution is -2.42. The first-order valence-electron chi connectivity index (χ1n) is 10.7. The topological polar surface area (TPSA) is 54.3 Å². The number of benzene rings is 1. The molecular formula is C22H32FN5OS. The van der Waals surface area contributed by atoms with Gasteiger partial charge in [-0.15, -0.1) is 10.2 Å². The van der Waals surface area contributed by atoms with Crippen LogP contribution in [0.1, 0.15) is 57.8 Å². The zero-order valence-electron chi connectivity index (χ0n) is 18.3. The molecule has 0 radical (unpaired) electrons. The molecule has 0 unspecified atom stereocenters. The smallest absolute Gasteiger partial charge is 0.233 e. The number of carbonyl (C=O) groups excluding carboxylic acids is 1. The fourth-order valence-corrected chi connectivity index (χ4v) is 4.79. The van der Waals surface area contributed by atoms with Gasteiger partial charge >= 0.3 is 0 Å². The number of hydrogen-bond donors (Lipinski definition) is 0. The minimum Gasteiger partial charge on any atom is -0.339 e. The molecule has 0 saturated heterocycles. The predicted octanol–water partition coefficient (Wildman–Crippen LogP) is 4.30. The number of thioether (sulfide) groups is 1. The maximum atomic E-state index is 13.5. The fraction of sp³-hybridized carbons (Fsp3) is 0.591. The third-order valence-corrected chi connectivity index (χ3v) is 6.81. The van der Waals surface area contributed by atoms with Crippen LogP contribution in [-0.2, 0) is 4.79 Å². The highest BCUT2D eigenvalue weighted by Gasteiger charge is 2.26. The Hall–Kier alpha value is -1.93. The average Bonchev–Trinajstić information content (AvgIpc) is 3.17. The Labute approximate surface area is 182 Å². The summed E-state index contributed by atoms with van der Waals surface area (Å²) in [4.78, 5) is 17.0. The highest BCUT2D eigenvalue weighted by molar-refractivity contribution is 7.99. The summed E-state index contributed by atoms with van der Waals surface area (Å²) >= 11 is 1.40. The molecular weight excluding hydrogens is 401 g/mol. The number of halogens is 1. The summed E-state index contributed by atoms with van der Waals surface area (Å²) in [5, 5.41) is 9.42. The first-order valence-corrected chi connectivity index (χ1v) is 11.7. The van der Waals surface area contributed by atoms with Gasteiger partial charge in [-0.1, -0.05) is 31.0 Å². The summed E-state index contributed by atoms with van der Waals surface area (Å²) < 4.78 is 15.4. The Morgan fingerprint density at radius 2 is 1.87 bits per heavy atom. The molecule has 6 nitrogen and oxygen atoms in total. The standard InChI is InChI=1S/C22H32FN5OS/c1-5-27(18-9-7-6-8-10-18)20(29)15-30-22-25-24-21(16(2)26(3)4)28(22)19-13-11-17(23)12-14-19/h11-14,16,18H,5-10,15H2,1-4H3/t16-/m0/s1. The van der Waals surface area contributed by atoms with Gasteiger partial charge in [0.15, 0.2) is 11.0 Å². The van der Waals surface area contributed by atoms with Crippen molar-refractivity contribution in [1.82, 2.24) is 24.6 Å². The van der Waals surface area contributed by atoms with Crippen molar-refractivity contribution in [3.05, 3.63) is 35.9 Å². The Morgan fingerprint density at radius 3 is 2.47 bits per heavy atom. The minimum atomic E-state index is -0.288. The molecule has 1 saturated carbocycles. The first-order chi connectivity index (χ1) is 14.4. The molecule has 1 heterocycles. The zero-order valence-corrected chi connectivity index (χ0v) is 19.2. The van der Waals surface area contributed by atoms with E-state index < -0.39 is 0 Å². The van der Waals surface area contributed by atoms with Crippen LogP contribution in [0.15, 0.2) is 29.4 Å². The van der Waals surface area contributed by atoms with Crippen LogP contribution in [0.4, 0.5) is 4.39 Å². The molecule has 1 aliphatic rings. The van der Waals surface area contributed by atoms with Gasteiger partial charge in [-0.05, 0) is 65.0 Å². The van der Waals surface area contributed by atoms with Crippen molar-refractivity contribution in [3.63, 3.8) is 0 Å². The number of hydrogen-bond acceptors (Lipinski definition) is 5. The SMILES string of the molecule is CCN(C(=O)CSc1nnc([C@H](C)N(C)C)n1-c1ccc(F)cc1)C1CCCCC1. The van der Waals surface area contributed by atoms with Crippen molar-refractivity contribution < 1.29 is 9.18 Å². The molecule has 164 valence electrons. The molecule has 2 aromatic rings. The maximum absolute atomic E-state index is 13.5. The van der Waals surface area contributed by atoms with E-state index in [1.165, 1.54) is 43.2 Å². The monoisotopic (exact) mass is 433 g/mol. The molecule has 0 bridgehead atoms. The summed E-state index contributed by atoms with van der Waals surface area (Å²) in [6.07, 6.45) is 5.87. The van der Waals surface area contributed by atoms with E-state index in [1.807, 2.05) is 35.4 Å². The number of rotatable bonds is 8. The Morgan fingerprint density at radius 1 is 1.20 bits per heavy atom. The lowest BCUT2D eigenvalue weighted by molar-refractivity contribution is -0.131. The highest BCUT2D eigenvalue weighted by Crippen LogP contribution is 2.28. The zero-order chi connectivity index (χ0) is 21.7. The third-order valence-electron chi connectivity index (χ3n) is 5.89. The molecule has 1 aromatic carbocycles.